The summed E-state index contributed by atoms with van der Waals surface area (Å²) in [6.45, 7) is 0. The van der Waals surface area contributed by atoms with Gasteiger partial charge in [-0.3, -0.25) is 4.79 Å². The fourth-order valence-corrected chi connectivity index (χ4v) is 1.94. The average Bonchev–Trinajstić information content (AvgIpc) is 2.78. The summed E-state index contributed by atoms with van der Waals surface area (Å²) in [6, 6.07) is 3.49. The highest BCUT2D eigenvalue weighted by molar-refractivity contribution is 7.13. The fourth-order valence-electron chi connectivity index (χ4n) is 1.40. The van der Waals surface area contributed by atoms with E-state index >= 15 is 0 Å². The van der Waals surface area contributed by atoms with Gasteiger partial charge in [0.2, 0.25) is 0 Å². The molecule has 1 heterocycles. The van der Waals surface area contributed by atoms with Gasteiger partial charge in [0.05, 0.1) is 11.3 Å². The summed E-state index contributed by atoms with van der Waals surface area (Å²) >= 11 is 1.05. The second-order valence-corrected chi connectivity index (χ2v) is 4.38. The Hall–Kier alpha value is -2.48. The summed E-state index contributed by atoms with van der Waals surface area (Å²) in [5, 5.41) is 12.7. The van der Waals surface area contributed by atoms with Crippen molar-refractivity contribution >= 4 is 34.0 Å². The number of hydrogen-bond donors (Lipinski definition) is 3. The van der Waals surface area contributed by atoms with Crippen LogP contribution in [0.4, 0.5) is 15.2 Å². The van der Waals surface area contributed by atoms with Crippen molar-refractivity contribution in [3.05, 3.63) is 40.7 Å². The first-order chi connectivity index (χ1) is 8.99. The molecular formula is C11H8FN3O3S. The van der Waals surface area contributed by atoms with Crippen LogP contribution in [0.25, 0.3) is 0 Å². The van der Waals surface area contributed by atoms with E-state index in [1.807, 2.05) is 0 Å². The number of para-hydroxylation sites is 1. The summed E-state index contributed by atoms with van der Waals surface area (Å²) in [6.07, 6.45) is 0. The number of nitrogens with one attached hydrogen (secondary N) is 1. The zero-order valence-corrected chi connectivity index (χ0v) is 10.2. The third-order valence-corrected chi connectivity index (χ3v) is 2.91. The Kier molecular flexibility index (Phi) is 3.43. The quantitative estimate of drug-likeness (QED) is 0.795. The van der Waals surface area contributed by atoms with E-state index in [-0.39, 0.29) is 16.4 Å². The number of carbonyl (C=O) groups excluding carboxylic acids is 1. The molecule has 0 aliphatic heterocycles. The molecule has 8 heteroatoms. The van der Waals surface area contributed by atoms with Crippen LogP contribution in [-0.2, 0) is 0 Å². The molecule has 6 nitrogen and oxygen atoms in total. The zero-order chi connectivity index (χ0) is 14.0. The van der Waals surface area contributed by atoms with E-state index in [1.165, 1.54) is 17.5 Å². The topological polar surface area (TPSA) is 105 Å². The van der Waals surface area contributed by atoms with Crippen molar-refractivity contribution in [1.29, 1.82) is 0 Å². The number of anilines is 2. The molecule has 2 rings (SSSR count). The van der Waals surface area contributed by atoms with Crippen molar-refractivity contribution < 1.29 is 19.1 Å². The fraction of sp³-hybridized carbons (Fsp3) is 0. The van der Waals surface area contributed by atoms with Crippen LogP contribution >= 0.6 is 11.3 Å². The molecule has 0 bridgehead atoms. The predicted molar refractivity (Wildman–Crippen MR) is 67.8 cm³/mol. The number of hydrogen-bond acceptors (Lipinski definition) is 5. The lowest BCUT2D eigenvalue weighted by Gasteiger charge is -2.08. The zero-order valence-electron chi connectivity index (χ0n) is 9.38. The van der Waals surface area contributed by atoms with Gasteiger partial charge in [0.25, 0.3) is 5.91 Å². The van der Waals surface area contributed by atoms with Gasteiger partial charge in [-0.05, 0) is 12.1 Å². The number of nitrogen functional groups attached to an aromatic ring is 1. The highest BCUT2D eigenvalue weighted by Gasteiger charge is 2.18. The summed E-state index contributed by atoms with van der Waals surface area (Å²) < 4.78 is 13.6. The van der Waals surface area contributed by atoms with Crippen LogP contribution in [0.1, 0.15) is 20.8 Å². The first-order valence-corrected chi connectivity index (χ1v) is 5.91. The van der Waals surface area contributed by atoms with E-state index in [0.717, 1.165) is 17.4 Å². The van der Waals surface area contributed by atoms with Gasteiger partial charge in [-0.2, -0.15) is 0 Å². The SMILES string of the molecule is Nc1nc(C(=O)Nc2c(F)cccc2C(=O)O)cs1. The number of carboxylic acids is 1. The molecule has 0 atom stereocenters. The minimum atomic E-state index is -1.34. The molecule has 1 aromatic carbocycles. The van der Waals surface area contributed by atoms with Gasteiger partial charge in [0.15, 0.2) is 5.13 Å². The van der Waals surface area contributed by atoms with Gasteiger partial charge in [0.1, 0.15) is 11.5 Å². The van der Waals surface area contributed by atoms with Gasteiger partial charge in [0, 0.05) is 5.38 Å². The maximum atomic E-state index is 13.6. The lowest BCUT2D eigenvalue weighted by atomic mass is 10.1. The molecule has 0 fully saturated rings. The number of amides is 1. The van der Waals surface area contributed by atoms with E-state index in [9.17, 15) is 14.0 Å². The van der Waals surface area contributed by atoms with E-state index in [2.05, 4.69) is 10.3 Å². The average molecular weight is 281 g/mol. The van der Waals surface area contributed by atoms with E-state index in [4.69, 9.17) is 10.8 Å². The van der Waals surface area contributed by atoms with Gasteiger partial charge in [-0.25, -0.2) is 14.2 Å². The molecule has 4 N–H and O–H groups in total. The van der Waals surface area contributed by atoms with Crippen molar-refractivity contribution in [2.24, 2.45) is 0 Å². The van der Waals surface area contributed by atoms with Crippen LogP contribution < -0.4 is 11.1 Å². The largest absolute Gasteiger partial charge is 0.478 e. The van der Waals surface area contributed by atoms with Crippen molar-refractivity contribution in [3.8, 4) is 0 Å². The second-order valence-electron chi connectivity index (χ2n) is 3.49. The number of nitrogens with zero attached hydrogens (tertiary/aromatic N) is 1. The van der Waals surface area contributed by atoms with E-state index < -0.39 is 23.4 Å². The molecule has 0 radical (unpaired) electrons. The minimum absolute atomic E-state index is 0.00194. The number of aromatic nitrogens is 1. The molecule has 0 aliphatic carbocycles. The summed E-state index contributed by atoms with van der Waals surface area (Å²) in [5.41, 5.74) is 4.65. The van der Waals surface area contributed by atoms with Crippen LogP contribution in [0.5, 0.6) is 0 Å². The normalized spacial score (nSPS) is 10.2. The molecule has 0 saturated heterocycles. The Labute approximate surface area is 110 Å². The maximum absolute atomic E-state index is 13.6. The molecule has 0 saturated carbocycles. The summed E-state index contributed by atoms with van der Waals surface area (Å²) in [4.78, 5) is 26.4. The number of aromatic carboxylic acids is 1. The second kappa shape index (κ2) is 5.02. The molecule has 19 heavy (non-hydrogen) atoms. The highest BCUT2D eigenvalue weighted by Crippen LogP contribution is 2.21. The van der Waals surface area contributed by atoms with Gasteiger partial charge in [-0.1, -0.05) is 6.07 Å². The van der Waals surface area contributed by atoms with Gasteiger partial charge < -0.3 is 16.2 Å². The lowest BCUT2D eigenvalue weighted by molar-refractivity contribution is 0.0697. The molecule has 1 amide bonds. The van der Waals surface area contributed by atoms with Crippen molar-refractivity contribution in [2.45, 2.75) is 0 Å². The molecule has 0 unspecified atom stereocenters. The van der Waals surface area contributed by atoms with E-state index in [0.29, 0.717) is 0 Å². The third kappa shape index (κ3) is 2.68. The van der Waals surface area contributed by atoms with Crippen molar-refractivity contribution in [2.75, 3.05) is 11.1 Å². The highest BCUT2D eigenvalue weighted by atomic mass is 32.1. The third-order valence-electron chi connectivity index (χ3n) is 2.24. The molecule has 0 aliphatic rings. The van der Waals surface area contributed by atoms with Crippen LogP contribution in [-0.4, -0.2) is 22.0 Å². The molecule has 98 valence electrons. The van der Waals surface area contributed by atoms with Crippen LogP contribution in [0.15, 0.2) is 23.6 Å². The Morgan fingerprint density at radius 1 is 1.42 bits per heavy atom. The standard InChI is InChI=1S/C11H8FN3O3S/c12-6-3-1-2-5(10(17)18)8(6)15-9(16)7-4-19-11(13)14-7/h1-4H,(H2,13,14)(H,15,16)(H,17,18). The van der Waals surface area contributed by atoms with Crippen molar-refractivity contribution in [1.82, 2.24) is 4.98 Å². The van der Waals surface area contributed by atoms with Crippen molar-refractivity contribution in [3.63, 3.8) is 0 Å². The Morgan fingerprint density at radius 2 is 2.16 bits per heavy atom. The first-order valence-electron chi connectivity index (χ1n) is 5.03. The maximum Gasteiger partial charge on any atom is 0.337 e. The lowest BCUT2D eigenvalue weighted by Crippen LogP contribution is -2.16. The Balaban J connectivity index is 2.33. The predicted octanol–water partition coefficient (Wildman–Crippen LogP) is 1.81. The Bertz CT molecular complexity index is 656. The van der Waals surface area contributed by atoms with Crippen LogP contribution in [0.2, 0.25) is 0 Å². The van der Waals surface area contributed by atoms with Crippen LogP contribution in [0, 0.1) is 5.82 Å². The molecular weight excluding hydrogens is 273 g/mol. The van der Waals surface area contributed by atoms with Gasteiger partial charge >= 0.3 is 5.97 Å². The van der Waals surface area contributed by atoms with Gasteiger partial charge in [-0.15, -0.1) is 11.3 Å². The summed E-state index contributed by atoms with van der Waals surface area (Å²) in [7, 11) is 0. The molecule has 0 spiro atoms. The summed E-state index contributed by atoms with van der Waals surface area (Å²) in [5.74, 6) is -2.90. The van der Waals surface area contributed by atoms with Crippen LogP contribution in [0.3, 0.4) is 0 Å². The number of carboxylic acid groups (broad SMARTS) is 1. The van der Waals surface area contributed by atoms with E-state index in [1.54, 1.807) is 0 Å². The number of rotatable bonds is 3. The number of thiazole rings is 1. The smallest absolute Gasteiger partial charge is 0.337 e. The number of carbonyl (C=O) groups is 2. The monoisotopic (exact) mass is 281 g/mol. The molecule has 1 aromatic heterocycles. The minimum Gasteiger partial charge on any atom is -0.478 e. The molecule has 2 aromatic rings. The first kappa shape index (κ1) is 13.0. The number of halogens is 1. The Morgan fingerprint density at radius 3 is 2.74 bits per heavy atom. The number of nitrogens with two attached hydrogens (primary N) is 1. The number of benzene rings is 1.